The molecule has 8 heteroatoms. The molecule has 0 saturated carbocycles. The molecule has 23 heavy (non-hydrogen) atoms. The van der Waals surface area contributed by atoms with Gasteiger partial charge >= 0.3 is 5.69 Å². The standard InChI is InChI=1S/C15H18N4O4/c1-9-6-10(2)17-14(22)11(9)7-16-12(20)8-19-5-4-13(21)18(3)15(19)23/h4-6H,7-8H2,1-3H3,(H,16,20)(H,17,22). The Morgan fingerprint density at radius 1 is 1.26 bits per heavy atom. The van der Waals surface area contributed by atoms with Crippen LogP contribution in [0.3, 0.4) is 0 Å². The fourth-order valence-electron chi connectivity index (χ4n) is 2.24. The largest absolute Gasteiger partial charge is 0.350 e. The number of amides is 1. The SMILES string of the molecule is Cc1cc(C)c(CNC(=O)Cn2ccc(=O)n(C)c2=O)c(=O)[nH]1. The summed E-state index contributed by atoms with van der Waals surface area (Å²) < 4.78 is 2.05. The number of rotatable bonds is 4. The number of carbonyl (C=O) groups excluding carboxylic acids is 1. The van der Waals surface area contributed by atoms with E-state index in [1.54, 1.807) is 13.8 Å². The maximum absolute atomic E-state index is 12.0. The number of hydrogen-bond donors (Lipinski definition) is 2. The quantitative estimate of drug-likeness (QED) is 0.767. The highest BCUT2D eigenvalue weighted by Crippen LogP contribution is 2.02. The zero-order chi connectivity index (χ0) is 17.1. The monoisotopic (exact) mass is 318 g/mol. The molecule has 0 spiro atoms. The first-order valence-corrected chi connectivity index (χ1v) is 7.02. The van der Waals surface area contributed by atoms with Crippen molar-refractivity contribution in [1.82, 2.24) is 19.4 Å². The van der Waals surface area contributed by atoms with Gasteiger partial charge in [-0.25, -0.2) is 4.79 Å². The molecule has 2 aromatic rings. The van der Waals surface area contributed by atoms with Gasteiger partial charge in [0.2, 0.25) is 5.91 Å². The maximum Gasteiger partial charge on any atom is 0.331 e. The smallest absolute Gasteiger partial charge is 0.331 e. The Balaban J connectivity index is 2.10. The van der Waals surface area contributed by atoms with Crippen LogP contribution in [0, 0.1) is 13.8 Å². The Labute approximate surface area is 131 Å². The number of aromatic amines is 1. The van der Waals surface area contributed by atoms with Gasteiger partial charge in [0.25, 0.3) is 11.1 Å². The lowest BCUT2D eigenvalue weighted by atomic mass is 10.1. The van der Waals surface area contributed by atoms with Gasteiger partial charge in [0.05, 0.1) is 0 Å². The second-order valence-corrected chi connectivity index (χ2v) is 5.34. The van der Waals surface area contributed by atoms with E-state index in [0.717, 1.165) is 20.4 Å². The lowest BCUT2D eigenvalue weighted by Crippen LogP contribution is -2.40. The lowest BCUT2D eigenvalue weighted by molar-refractivity contribution is -0.121. The number of nitrogens with zero attached hydrogens (tertiary/aromatic N) is 2. The zero-order valence-corrected chi connectivity index (χ0v) is 13.2. The lowest BCUT2D eigenvalue weighted by Gasteiger charge is -2.09. The van der Waals surface area contributed by atoms with Gasteiger partial charge in [-0.05, 0) is 25.5 Å². The molecule has 2 N–H and O–H groups in total. The van der Waals surface area contributed by atoms with Gasteiger partial charge in [0.1, 0.15) is 6.54 Å². The Morgan fingerprint density at radius 3 is 2.61 bits per heavy atom. The van der Waals surface area contributed by atoms with E-state index in [9.17, 15) is 19.2 Å². The van der Waals surface area contributed by atoms with Gasteiger partial charge in [-0.3, -0.25) is 23.5 Å². The molecular formula is C15H18N4O4. The highest BCUT2D eigenvalue weighted by Gasteiger charge is 2.09. The first kappa shape index (κ1) is 16.5. The van der Waals surface area contributed by atoms with E-state index in [1.165, 1.54) is 19.3 Å². The zero-order valence-electron chi connectivity index (χ0n) is 13.2. The molecule has 0 aliphatic carbocycles. The minimum atomic E-state index is -0.572. The topological polar surface area (TPSA) is 106 Å². The fraction of sp³-hybridized carbons (Fsp3) is 0.333. The van der Waals surface area contributed by atoms with Crippen molar-refractivity contribution < 1.29 is 4.79 Å². The third kappa shape index (κ3) is 3.65. The molecule has 0 fully saturated rings. The Hall–Kier alpha value is -2.90. The maximum atomic E-state index is 12.0. The number of aryl methyl sites for hydroxylation is 2. The molecule has 0 aromatic carbocycles. The third-order valence-corrected chi connectivity index (χ3v) is 3.53. The second kappa shape index (κ2) is 6.47. The molecule has 0 aliphatic heterocycles. The molecule has 0 atom stereocenters. The summed E-state index contributed by atoms with van der Waals surface area (Å²) in [6.45, 7) is 3.42. The number of nitrogens with one attached hydrogen (secondary N) is 2. The van der Waals surface area contributed by atoms with Crippen molar-refractivity contribution in [3.8, 4) is 0 Å². The van der Waals surface area contributed by atoms with Gasteiger partial charge in [-0.1, -0.05) is 0 Å². The van der Waals surface area contributed by atoms with Crippen molar-refractivity contribution in [3.63, 3.8) is 0 Å². The van der Waals surface area contributed by atoms with Crippen LogP contribution in [0.5, 0.6) is 0 Å². The molecule has 2 heterocycles. The number of hydrogen-bond acceptors (Lipinski definition) is 4. The average Bonchev–Trinajstić information content (AvgIpc) is 2.47. The van der Waals surface area contributed by atoms with Gasteiger partial charge in [-0.15, -0.1) is 0 Å². The number of pyridine rings is 1. The number of aromatic nitrogens is 3. The number of carbonyl (C=O) groups is 1. The summed E-state index contributed by atoms with van der Waals surface area (Å²) >= 11 is 0. The van der Waals surface area contributed by atoms with Crippen molar-refractivity contribution >= 4 is 5.91 Å². The summed E-state index contributed by atoms with van der Waals surface area (Å²) in [4.78, 5) is 49.6. The summed E-state index contributed by atoms with van der Waals surface area (Å²) in [7, 11) is 1.34. The van der Waals surface area contributed by atoms with Crippen LogP contribution in [0.2, 0.25) is 0 Å². The van der Waals surface area contributed by atoms with Crippen LogP contribution >= 0.6 is 0 Å². The van der Waals surface area contributed by atoms with E-state index in [-0.39, 0.29) is 18.6 Å². The van der Waals surface area contributed by atoms with Crippen molar-refractivity contribution in [2.24, 2.45) is 7.05 Å². The number of H-pyrrole nitrogens is 1. The van der Waals surface area contributed by atoms with Crippen molar-refractivity contribution in [2.45, 2.75) is 26.9 Å². The van der Waals surface area contributed by atoms with Crippen LogP contribution in [0.1, 0.15) is 16.8 Å². The van der Waals surface area contributed by atoms with Crippen LogP contribution in [-0.2, 0) is 24.9 Å². The van der Waals surface area contributed by atoms with E-state index in [4.69, 9.17) is 0 Å². The molecule has 8 nitrogen and oxygen atoms in total. The van der Waals surface area contributed by atoms with Gasteiger partial charge in [0.15, 0.2) is 0 Å². The van der Waals surface area contributed by atoms with E-state index >= 15 is 0 Å². The van der Waals surface area contributed by atoms with Crippen molar-refractivity contribution in [3.05, 3.63) is 66.3 Å². The van der Waals surface area contributed by atoms with Crippen LogP contribution in [-0.4, -0.2) is 20.0 Å². The third-order valence-electron chi connectivity index (χ3n) is 3.53. The molecule has 2 rings (SSSR count). The molecule has 122 valence electrons. The first-order valence-electron chi connectivity index (χ1n) is 7.02. The minimum Gasteiger partial charge on any atom is -0.350 e. The summed E-state index contributed by atoms with van der Waals surface area (Å²) in [5, 5.41) is 2.60. The molecule has 0 unspecified atom stereocenters. The van der Waals surface area contributed by atoms with Crippen LogP contribution < -0.4 is 22.1 Å². The van der Waals surface area contributed by atoms with Crippen LogP contribution in [0.15, 0.2) is 32.7 Å². The summed E-state index contributed by atoms with van der Waals surface area (Å²) in [6, 6.07) is 3.03. The predicted octanol–water partition coefficient (Wildman–Crippen LogP) is -0.831. The molecular weight excluding hydrogens is 300 g/mol. The highest BCUT2D eigenvalue weighted by molar-refractivity contribution is 5.75. The Bertz CT molecular complexity index is 920. The Kier molecular flexibility index (Phi) is 4.63. The molecule has 1 amide bonds. The average molecular weight is 318 g/mol. The van der Waals surface area contributed by atoms with Crippen LogP contribution in [0.25, 0.3) is 0 Å². The molecule has 0 saturated heterocycles. The van der Waals surface area contributed by atoms with E-state index < -0.39 is 17.2 Å². The second-order valence-electron chi connectivity index (χ2n) is 5.34. The Morgan fingerprint density at radius 2 is 1.96 bits per heavy atom. The summed E-state index contributed by atoms with van der Waals surface area (Å²) in [5.74, 6) is -0.426. The molecule has 2 aromatic heterocycles. The molecule has 0 radical (unpaired) electrons. The van der Waals surface area contributed by atoms with E-state index in [2.05, 4.69) is 10.3 Å². The van der Waals surface area contributed by atoms with E-state index in [0.29, 0.717) is 5.56 Å². The fourth-order valence-corrected chi connectivity index (χ4v) is 2.24. The summed E-state index contributed by atoms with van der Waals surface area (Å²) in [6.07, 6.45) is 1.27. The van der Waals surface area contributed by atoms with E-state index in [1.807, 2.05) is 6.07 Å². The summed E-state index contributed by atoms with van der Waals surface area (Å²) in [5.41, 5.74) is 0.745. The highest BCUT2D eigenvalue weighted by atomic mass is 16.2. The van der Waals surface area contributed by atoms with Crippen molar-refractivity contribution in [1.29, 1.82) is 0 Å². The molecule has 0 aliphatic rings. The molecule has 0 bridgehead atoms. The minimum absolute atomic E-state index is 0.0702. The first-order chi connectivity index (χ1) is 10.8. The van der Waals surface area contributed by atoms with Gasteiger partial charge in [0, 0.05) is 37.1 Å². The van der Waals surface area contributed by atoms with Crippen molar-refractivity contribution in [2.75, 3.05) is 0 Å². The van der Waals surface area contributed by atoms with Crippen LogP contribution in [0.4, 0.5) is 0 Å². The normalized spacial score (nSPS) is 10.6. The van der Waals surface area contributed by atoms with Gasteiger partial charge in [-0.2, -0.15) is 0 Å². The van der Waals surface area contributed by atoms with Gasteiger partial charge < -0.3 is 10.3 Å². The predicted molar refractivity (Wildman–Crippen MR) is 84.3 cm³/mol.